The van der Waals surface area contributed by atoms with Crippen molar-refractivity contribution < 1.29 is 4.79 Å². The second kappa shape index (κ2) is 5.01. The van der Waals surface area contributed by atoms with Gasteiger partial charge in [-0.25, -0.2) is 0 Å². The maximum Gasteiger partial charge on any atom is 0.245 e. The number of nitrogens with zero attached hydrogens (tertiary/aromatic N) is 4. The Morgan fingerprint density at radius 3 is 2.82 bits per heavy atom. The van der Waals surface area contributed by atoms with Gasteiger partial charge in [-0.3, -0.25) is 4.79 Å². The van der Waals surface area contributed by atoms with Crippen molar-refractivity contribution in [1.29, 1.82) is 0 Å². The second-order valence-electron chi connectivity index (χ2n) is 3.80. The van der Waals surface area contributed by atoms with Crippen molar-refractivity contribution in [3.63, 3.8) is 0 Å². The van der Waals surface area contributed by atoms with Gasteiger partial charge in [0, 0.05) is 6.54 Å². The quantitative estimate of drug-likeness (QED) is 0.871. The first-order valence-electron chi connectivity index (χ1n) is 5.21. The average molecular weight is 276 g/mol. The Hall–Kier alpha value is -1.14. The number of carbonyl (C=O) groups excluding carboxylic acids is 1. The smallest absolute Gasteiger partial charge is 0.245 e. The molecule has 2 N–H and O–H groups in total. The number of aromatic nitrogens is 3. The molecule has 1 aliphatic rings. The van der Waals surface area contributed by atoms with Gasteiger partial charge in [-0.2, -0.15) is 4.98 Å². The molecule has 8 heteroatoms. The minimum atomic E-state index is -0.408. The van der Waals surface area contributed by atoms with Gasteiger partial charge in [0.15, 0.2) is 11.0 Å². The Morgan fingerprint density at radius 2 is 2.12 bits per heavy atom. The van der Waals surface area contributed by atoms with Crippen LogP contribution in [0.4, 0.5) is 5.82 Å². The zero-order chi connectivity index (χ0) is 12.4. The van der Waals surface area contributed by atoms with Crippen LogP contribution < -0.4 is 10.6 Å². The van der Waals surface area contributed by atoms with E-state index in [1.54, 1.807) is 4.90 Å². The summed E-state index contributed by atoms with van der Waals surface area (Å²) in [6.45, 7) is 0.655. The maximum absolute atomic E-state index is 11.4. The van der Waals surface area contributed by atoms with Crippen molar-refractivity contribution >= 4 is 34.9 Å². The molecule has 1 amide bonds. The SMILES string of the molecule is NC(=O)C1CCCCN1c1nc(Cl)nnc1Cl. The Kier molecular flexibility index (Phi) is 3.63. The summed E-state index contributed by atoms with van der Waals surface area (Å²) >= 11 is 11.6. The minimum Gasteiger partial charge on any atom is -0.368 e. The van der Waals surface area contributed by atoms with E-state index in [0.29, 0.717) is 18.8 Å². The minimum absolute atomic E-state index is 0.00167. The van der Waals surface area contributed by atoms with Gasteiger partial charge in [-0.1, -0.05) is 11.6 Å². The third-order valence-electron chi connectivity index (χ3n) is 2.71. The number of nitrogens with two attached hydrogens (primary N) is 1. The van der Waals surface area contributed by atoms with Gasteiger partial charge in [0.2, 0.25) is 11.2 Å². The van der Waals surface area contributed by atoms with Crippen molar-refractivity contribution in [2.45, 2.75) is 25.3 Å². The van der Waals surface area contributed by atoms with E-state index in [0.717, 1.165) is 12.8 Å². The van der Waals surface area contributed by atoms with E-state index < -0.39 is 11.9 Å². The summed E-state index contributed by atoms with van der Waals surface area (Å²) in [5.41, 5.74) is 5.36. The normalized spacial score (nSPS) is 20.4. The first-order chi connectivity index (χ1) is 8.09. The van der Waals surface area contributed by atoms with Gasteiger partial charge >= 0.3 is 0 Å². The number of hydrogen-bond acceptors (Lipinski definition) is 5. The lowest BCUT2D eigenvalue weighted by atomic mass is 10.0. The van der Waals surface area contributed by atoms with Crippen LogP contribution in [0.5, 0.6) is 0 Å². The van der Waals surface area contributed by atoms with Crippen molar-refractivity contribution in [2.75, 3.05) is 11.4 Å². The van der Waals surface area contributed by atoms with Crippen LogP contribution in [-0.4, -0.2) is 33.7 Å². The molecular weight excluding hydrogens is 265 g/mol. The van der Waals surface area contributed by atoms with E-state index in [2.05, 4.69) is 15.2 Å². The predicted octanol–water partition coefficient (Wildman–Crippen LogP) is 1.02. The lowest BCUT2D eigenvalue weighted by Crippen LogP contribution is -2.48. The van der Waals surface area contributed by atoms with Crippen LogP contribution in [-0.2, 0) is 4.79 Å². The number of primary amides is 1. The van der Waals surface area contributed by atoms with Crippen LogP contribution in [0.2, 0.25) is 10.4 Å². The predicted molar refractivity (Wildman–Crippen MR) is 64.0 cm³/mol. The van der Waals surface area contributed by atoms with Gasteiger partial charge in [0.1, 0.15) is 6.04 Å². The van der Waals surface area contributed by atoms with Crippen LogP contribution in [0.25, 0.3) is 0 Å². The Labute approximate surface area is 108 Å². The summed E-state index contributed by atoms with van der Waals surface area (Å²) in [6, 6.07) is -0.408. The molecule has 1 fully saturated rings. The Morgan fingerprint density at radius 1 is 1.35 bits per heavy atom. The highest BCUT2D eigenvalue weighted by Gasteiger charge is 2.30. The largest absolute Gasteiger partial charge is 0.368 e. The molecule has 1 aromatic rings. The van der Waals surface area contributed by atoms with Crippen molar-refractivity contribution in [2.24, 2.45) is 5.73 Å². The fraction of sp³-hybridized carbons (Fsp3) is 0.556. The summed E-state index contributed by atoms with van der Waals surface area (Å²) in [5, 5.41) is 7.33. The Balaban J connectivity index is 2.35. The fourth-order valence-electron chi connectivity index (χ4n) is 1.95. The number of anilines is 1. The fourth-order valence-corrected chi connectivity index (χ4v) is 2.26. The average Bonchev–Trinajstić information content (AvgIpc) is 2.32. The van der Waals surface area contributed by atoms with E-state index in [4.69, 9.17) is 28.9 Å². The molecule has 0 radical (unpaired) electrons. The maximum atomic E-state index is 11.4. The molecule has 1 aromatic heterocycles. The molecular formula is C9H11Cl2N5O. The van der Waals surface area contributed by atoms with Crippen molar-refractivity contribution in [1.82, 2.24) is 15.2 Å². The highest BCUT2D eigenvalue weighted by Crippen LogP contribution is 2.28. The highest BCUT2D eigenvalue weighted by molar-refractivity contribution is 6.32. The molecule has 0 spiro atoms. The molecule has 2 rings (SSSR count). The topological polar surface area (TPSA) is 85.0 Å². The molecule has 0 saturated carbocycles. The summed E-state index contributed by atoms with van der Waals surface area (Å²) in [4.78, 5) is 17.1. The van der Waals surface area contributed by atoms with E-state index in [1.165, 1.54) is 0 Å². The third-order valence-corrected chi connectivity index (χ3v) is 3.11. The summed E-state index contributed by atoms with van der Waals surface area (Å²) < 4.78 is 0. The monoisotopic (exact) mass is 275 g/mol. The molecule has 2 heterocycles. The number of rotatable bonds is 2. The first kappa shape index (κ1) is 12.3. The number of amides is 1. The lowest BCUT2D eigenvalue weighted by Gasteiger charge is -2.34. The van der Waals surface area contributed by atoms with Crippen LogP contribution in [0.15, 0.2) is 0 Å². The molecule has 6 nitrogen and oxygen atoms in total. The Bertz CT molecular complexity index is 441. The van der Waals surface area contributed by atoms with Gasteiger partial charge < -0.3 is 10.6 Å². The molecule has 1 aliphatic heterocycles. The van der Waals surface area contributed by atoms with Crippen molar-refractivity contribution in [3.05, 3.63) is 10.4 Å². The zero-order valence-electron chi connectivity index (χ0n) is 8.94. The van der Waals surface area contributed by atoms with Gasteiger partial charge in [-0.15, -0.1) is 10.2 Å². The lowest BCUT2D eigenvalue weighted by molar-refractivity contribution is -0.119. The van der Waals surface area contributed by atoms with E-state index in [-0.39, 0.29) is 10.4 Å². The van der Waals surface area contributed by atoms with Crippen LogP contribution in [0.3, 0.4) is 0 Å². The van der Waals surface area contributed by atoms with Crippen LogP contribution in [0, 0.1) is 0 Å². The standard InChI is InChI=1S/C9H11Cl2N5O/c10-6-8(13-9(11)15-14-6)16-4-2-1-3-5(16)7(12)17/h5H,1-4H2,(H2,12,17). The highest BCUT2D eigenvalue weighted by atomic mass is 35.5. The zero-order valence-corrected chi connectivity index (χ0v) is 10.4. The van der Waals surface area contributed by atoms with Crippen molar-refractivity contribution in [3.8, 4) is 0 Å². The van der Waals surface area contributed by atoms with Gasteiger partial charge in [0.05, 0.1) is 0 Å². The van der Waals surface area contributed by atoms with Crippen LogP contribution in [0.1, 0.15) is 19.3 Å². The number of piperidine rings is 1. The van der Waals surface area contributed by atoms with Gasteiger partial charge in [0.25, 0.3) is 0 Å². The molecule has 1 atom stereocenters. The summed E-state index contributed by atoms with van der Waals surface area (Å²) in [7, 11) is 0. The number of hydrogen-bond donors (Lipinski definition) is 1. The molecule has 17 heavy (non-hydrogen) atoms. The molecule has 0 aromatic carbocycles. The molecule has 1 unspecified atom stereocenters. The third kappa shape index (κ3) is 2.58. The molecule has 0 bridgehead atoms. The summed E-state index contributed by atoms with van der Waals surface area (Å²) in [5.74, 6) is -0.0225. The molecule has 1 saturated heterocycles. The number of carbonyl (C=O) groups is 1. The summed E-state index contributed by atoms with van der Waals surface area (Å²) in [6.07, 6.45) is 2.59. The van der Waals surface area contributed by atoms with Crippen LogP contribution >= 0.6 is 23.2 Å². The molecule has 92 valence electrons. The van der Waals surface area contributed by atoms with E-state index >= 15 is 0 Å². The number of halogens is 2. The molecule has 0 aliphatic carbocycles. The van der Waals surface area contributed by atoms with E-state index in [1.807, 2.05) is 0 Å². The van der Waals surface area contributed by atoms with E-state index in [9.17, 15) is 4.79 Å². The first-order valence-corrected chi connectivity index (χ1v) is 5.97. The second-order valence-corrected chi connectivity index (χ2v) is 4.50. The van der Waals surface area contributed by atoms with Gasteiger partial charge in [-0.05, 0) is 30.9 Å².